The maximum absolute atomic E-state index is 13.0. The second-order valence-corrected chi connectivity index (χ2v) is 9.27. The summed E-state index contributed by atoms with van der Waals surface area (Å²) >= 11 is 0. The lowest BCUT2D eigenvalue weighted by molar-refractivity contribution is -0.137. The SMILES string of the molecule is O=C(c1ccccc1)c1ccccc1N[C@@H](Cc1ccc(OCC=Cc2ccc3ccccc3n2)cc1)C(=O)O. The molecule has 198 valence electrons. The second kappa shape index (κ2) is 12.5. The summed E-state index contributed by atoms with van der Waals surface area (Å²) in [5.74, 6) is -0.493. The van der Waals surface area contributed by atoms with Gasteiger partial charge in [0.05, 0.1) is 11.2 Å². The first kappa shape index (κ1) is 26.4. The van der Waals surface area contributed by atoms with Crippen LogP contribution in [0.5, 0.6) is 5.75 Å². The third-order valence-electron chi connectivity index (χ3n) is 6.45. The molecule has 6 heteroatoms. The number of carboxylic acids is 1. The van der Waals surface area contributed by atoms with Gasteiger partial charge < -0.3 is 15.2 Å². The van der Waals surface area contributed by atoms with Gasteiger partial charge in [0.1, 0.15) is 18.4 Å². The van der Waals surface area contributed by atoms with E-state index in [1.165, 1.54) is 0 Å². The zero-order valence-electron chi connectivity index (χ0n) is 21.7. The number of carbonyl (C=O) groups excluding carboxylic acids is 1. The van der Waals surface area contributed by atoms with Gasteiger partial charge in [-0.1, -0.05) is 78.9 Å². The van der Waals surface area contributed by atoms with Gasteiger partial charge in [-0.2, -0.15) is 0 Å². The van der Waals surface area contributed by atoms with Gasteiger partial charge >= 0.3 is 5.97 Å². The minimum Gasteiger partial charge on any atom is -0.490 e. The molecule has 0 aliphatic rings. The highest BCUT2D eigenvalue weighted by Gasteiger charge is 2.21. The molecule has 0 bridgehead atoms. The average Bonchev–Trinajstić information content (AvgIpc) is 3.00. The summed E-state index contributed by atoms with van der Waals surface area (Å²) in [6.45, 7) is 0.374. The Kier molecular flexibility index (Phi) is 8.27. The van der Waals surface area contributed by atoms with Crippen LogP contribution in [0.15, 0.2) is 121 Å². The number of fused-ring (bicyclic) bond motifs is 1. The molecule has 0 fully saturated rings. The molecule has 6 nitrogen and oxygen atoms in total. The van der Waals surface area contributed by atoms with Crippen LogP contribution < -0.4 is 10.1 Å². The third kappa shape index (κ3) is 6.60. The van der Waals surface area contributed by atoms with Gasteiger partial charge in [-0.25, -0.2) is 9.78 Å². The number of aliphatic carboxylic acids is 1. The van der Waals surface area contributed by atoms with Crippen LogP contribution in [0.3, 0.4) is 0 Å². The number of aromatic nitrogens is 1. The fraction of sp³-hybridized carbons (Fsp3) is 0.0882. The predicted molar refractivity (Wildman–Crippen MR) is 158 cm³/mol. The van der Waals surface area contributed by atoms with Gasteiger partial charge in [-0.05, 0) is 54.1 Å². The number of carbonyl (C=O) groups is 2. The Morgan fingerprint density at radius 1 is 0.825 bits per heavy atom. The van der Waals surface area contributed by atoms with Gasteiger partial charge in [0, 0.05) is 28.6 Å². The molecule has 0 spiro atoms. The number of ether oxygens (including phenoxy) is 1. The summed E-state index contributed by atoms with van der Waals surface area (Å²) in [5, 5.41) is 14.1. The van der Waals surface area contributed by atoms with Crippen LogP contribution in [0, 0.1) is 0 Å². The Hall–Kier alpha value is -5.23. The molecule has 0 saturated heterocycles. The number of hydrogen-bond donors (Lipinski definition) is 2. The normalized spacial score (nSPS) is 11.8. The lowest BCUT2D eigenvalue weighted by Crippen LogP contribution is -2.32. The number of nitrogens with one attached hydrogen (secondary N) is 1. The summed E-state index contributed by atoms with van der Waals surface area (Å²) < 4.78 is 5.82. The fourth-order valence-corrected chi connectivity index (χ4v) is 4.39. The lowest BCUT2D eigenvalue weighted by Gasteiger charge is -2.18. The van der Waals surface area contributed by atoms with Gasteiger partial charge in [0.2, 0.25) is 0 Å². The minimum absolute atomic E-state index is 0.167. The number of carboxylic acid groups (broad SMARTS) is 1. The molecule has 1 aromatic heterocycles. The van der Waals surface area contributed by atoms with Crippen molar-refractivity contribution in [3.63, 3.8) is 0 Å². The monoisotopic (exact) mass is 528 g/mol. The zero-order chi connectivity index (χ0) is 27.7. The lowest BCUT2D eigenvalue weighted by atomic mass is 10.00. The first-order chi connectivity index (χ1) is 19.6. The smallest absolute Gasteiger partial charge is 0.326 e. The van der Waals surface area contributed by atoms with Crippen LogP contribution in [0.1, 0.15) is 27.2 Å². The molecule has 0 saturated carbocycles. The number of ketones is 1. The van der Waals surface area contributed by atoms with E-state index in [1.54, 1.807) is 48.5 Å². The van der Waals surface area contributed by atoms with Crippen molar-refractivity contribution in [2.24, 2.45) is 0 Å². The second-order valence-electron chi connectivity index (χ2n) is 9.27. The molecule has 1 atom stereocenters. The molecule has 5 aromatic rings. The summed E-state index contributed by atoms with van der Waals surface area (Å²) in [6.07, 6.45) is 4.06. The van der Waals surface area contributed by atoms with Crippen LogP contribution >= 0.6 is 0 Å². The summed E-state index contributed by atoms with van der Waals surface area (Å²) in [7, 11) is 0. The average molecular weight is 529 g/mol. The maximum atomic E-state index is 13.0. The topological polar surface area (TPSA) is 88.5 Å². The van der Waals surface area contributed by atoms with Gasteiger partial charge in [-0.3, -0.25) is 4.79 Å². The van der Waals surface area contributed by atoms with Crippen molar-refractivity contribution in [3.05, 3.63) is 144 Å². The van der Waals surface area contributed by atoms with E-state index >= 15 is 0 Å². The Labute approximate surface area is 232 Å². The standard InChI is InChI=1S/C34H28N2O4/c37-33(26-10-2-1-3-11-26)29-13-5-7-15-31(29)36-32(34(38)39)23-24-16-20-28(21-17-24)40-22-8-12-27-19-18-25-9-4-6-14-30(25)35-27/h1-21,32,36H,22-23H2,(H,38,39)/t32-/m0/s1. The van der Waals surface area contributed by atoms with Crippen molar-refractivity contribution >= 4 is 34.4 Å². The third-order valence-corrected chi connectivity index (χ3v) is 6.45. The van der Waals surface area contributed by atoms with Crippen molar-refractivity contribution in [2.75, 3.05) is 11.9 Å². The molecular weight excluding hydrogens is 500 g/mol. The van der Waals surface area contributed by atoms with E-state index in [-0.39, 0.29) is 12.2 Å². The Balaban J connectivity index is 1.20. The maximum Gasteiger partial charge on any atom is 0.326 e. The number of pyridine rings is 1. The Morgan fingerprint density at radius 2 is 1.55 bits per heavy atom. The summed E-state index contributed by atoms with van der Waals surface area (Å²) in [4.78, 5) is 29.8. The largest absolute Gasteiger partial charge is 0.490 e. The minimum atomic E-state index is -1.00. The fourth-order valence-electron chi connectivity index (χ4n) is 4.39. The van der Waals surface area contributed by atoms with Gasteiger partial charge in [0.15, 0.2) is 5.78 Å². The van der Waals surface area contributed by atoms with E-state index in [0.29, 0.717) is 29.2 Å². The number of anilines is 1. The molecule has 40 heavy (non-hydrogen) atoms. The zero-order valence-corrected chi connectivity index (χ0v) is 21.7. The van der Waals surface area contributed by atoms with Crippen LogP contribution in [-0.4, -0.2) is 34.5 Å². The molecule has 4 aromatic carbocycles. The van der Waals surface area contributed by atoms with E-state index in [4.69, 9.17) is 4.74 Å². The quantitative estimate of drug-likeness (QED) is 0.186. The molecule has 0 amide bonds. The van der Waals surface area contributed by atoms with Crippen molar-refractivity contribution in [1.29, 1.82) is 0 Å². The highest BCUT2D eigenvalue weighted by Crippen LogP contribution is 2.22. The molecule has 0 aliphatic heterocycles. The van der Waals surface area contributed by atoms with E-state index in [2.05, 4.69) is 10.3 Å². The van der Waals surface area contributed by atoms with Gasteiger partial charge in [0.25, 0.3) is 0 Å². The molecule has 0 unspecified atom stereocenters. The summed E-state index contributed by atoms with van der Waals surface area (Å²) in [6, 6.07) is 34.3. The molecule has 0 radical (unpaired) electrons. The predicted octanol–water partition coefficient (Wildman–Crippen LogP) is 6.67. The number of rotatable bonds is 11. The Morgan fingerprint density at radius 3 is 2.35 bits per heavy atom. The summed E-state index contributed by atoms with van der Waals surface area (Å²) in [5.41, 5.74) is 4.09. The van der Waals surface area contributed by atoms with Crippen molar-refractivity contribution in [3.8, 4) is 5.75 Å². The van der Waals surface area contributed by atoms with E-state index in [9.17, 15) is 14.7 Å². The van der Waals surface area contributed by atoms with Crippen LogP contribution in [-0.2, 0) is 11.2 Å². The molecule has 5 rings (SSSR count). The molecule has 2 N–H and O–H groups in total. The van der Waals surface area contributed by atoms with E-state index < -0.39 is 12.0 Å². The first-order valence-electron chi connectivity index (χ1n) is 13.0. The van der Waals surface area contributed by atoms with Crippen LogP contribution in [0.4, 0.5) is 5.69 Å². The van der Waals surface area contributed by atoms with Crippen molar-refractivity contribution < 1.29 is 19.4 Å². The van der Waals surface area contributed by atoms with Gasteiger partial charge in [-0.15, -0.1) is 0 Å². The molecule has 1 heterocycles. The molecule has 0 aliphatic carbocycles. The first-order valence-corrected chi connectivity index (χ1v) is 13.0. The van der Waals surface area contributed by atoms with E-state index in [1.807, 2.05) is 78.9 Å². The number of hydrogen-bond acceptors (Lipinski definition) is 5. The van der Waals surface area contributed by atoms with Crippen LogP contribution in [0.25, 0.3) is 17.0 Å². The molecular formula is C34H28N2O4. The van der Waals surface area contributed by atoms with E-state index in [0.717, 1.165) is 22.2 Å². The number of para-hydroxylation sites is 2. The van der Waals surface area contributed by atoms with Crippen molar-refractivity contribution in [1.82, 2.24) is 4.98 Å². The highest BCUT2D eigenvalue weighted by molar-refractivity contribution is 6.12. The number of benzene rings is 4. The number of nitrogens with zero attached hydrogens (tertiary/aromatic N) is 1. The van der Waals surface area contributed by atoms with Crippen LogP contribution in [0.2, 0.25) is 0 Å². The van der Waals surface area contributed by atoms with Crippen molar-refractivity contribution in [2.45, 2.75) is 12.5 Å². The highest BCUT2D eigenvalue weighted by atomic mass is 16.5. The Bertz CT molecular complexity index is 1650.